The van der Waals surface area contributed by atoms with Crippen molar-refractivity contribution in [3.8, 4) is 0 Å². The van der Waals surface area contributed by atoms with Crippen LogP contribution in [0.2, 0.25) is 5.15 Å². The summed E-state index contributed by atoms with van der Waals surface area (Å²) in [5.41, 5.74) is 0.0538. The lowest BCUT2D eigenvalue weighted by Gasteiger charge is -2.05. The number of halogens is 1. The first-order chi connectivity index (χ1) is 8.10. The van der Waals surface area contributed by atoms with Crippen LogP contribution in [-0.2, 0) is 9.47 Å². The van der Waals surface area contributed by atoms with Crippen LogP contribution in [0.5, 0.6) is 0 Å². The standard InChI is InChI=1S/C9H8ClNO4.C2H6/c1-14-8(12)5-3-7(10)11-4-6(5)9(13)15-2;1-2/h3-4H,1-2H3;1-2H3. The molecule has 17 heavy (non-hydrogen) atoms. The highest BCUT2D eigenvalue weighted by molar-refractivity contribution is 6.29. The number of methoxy groups -OCH3 is 2. The van der Waals surface area contributed by atoms with Gasteiger partial charge in [0.15, 0.2) is 0 Å². The lowest BCUT2D eigenvalue weighted by atomic mass is 10.1. The Kier molecular flexibility index (Phi) is 6.89. The van der Waals surface area contributed by atoms with Gasteiger partial charge in [0.2, 0.25) is 0 Å². The minimum Gasteiger partial charge on any atom is -0.465 e. The van der Waals surface area contributed by atoms with Crippen molar-refractivity contribution in [3.05, 3.63) is 28.5 Å². The minimum absolute atomic E-state index is 0.0220. The highest BCUT2D eigenvalue weighted by Gasteiger charge is 2.19. The van der Waals surface area contributed by atoms with Crippen molar-refractivity contribution in [2.24, 2.45) is 0 Å². The molecule has 6 heteroatoms. The fraction of sp³-hybridized carbons (Fsp3) is 0.364. The van der Waals surface area contributed by atoms with Gasteiger partial charge in [-0.15, -0.1) is 0 Å². The number of nitrogens with zero attached hydrogens (tertiary/aromatic N) is 1. The van der Waals surface area contributed by atoms with Gasteiger partial charge in [0.05, 0.1) is 25.3 Å². The fourth-order valence-corrected chi connectivity index (χ4v) is 1.14. The number of hydrogen-bond donors (Lipinski definition) is 0. The Morgan fingerprint density at radius 1 is 1.12 bits per heavy atom. The number of rotatable bonds is 2. The van der Waals surface area contributed by atoms with Crippen LogP contribution in [0.15, 0.2) is 12.3 Å². The Bertz CT molecular complexity index is 406. The van der Waals surface area contributed by atoms with Crippen molar-refractivity contribution in [3.63, 3.8) is 0 Å². The third-order valence-corrected chi connectivity index (χ3v) is 1.89. The molecule has 94 valence electrons. The largest absolute Gasteiger partial charge is 0.465 e. The first-order valence-corrected chi connectivity index (χ1v) is 5.30. The number of pyridine rings is 1. The second-order valence-corrected chi connectivity index (χ2v) is 2.92. The molecular weight excluding hydrogens is 246 g/mol. The number of hydrogen-bond acceptors (Lipinski definition) is 5. The summed E-state index contributed by atoms with van der Waals surface area (Å²) in [5.74, 6) is -1.33. The summed E-state index contributed by atoms with van der Waals surface area (Å²) >= 11 is 5.59. The summed E-state index contributed by atoms with van der Waals surface area (Å²) in [6.07, 6.45) is 1.17. The molecule has 0 aromatic carbocycles. The van der Waals surface area contributed by atoms with E-state index in [0.717, 1.165) is 0 Å². The van der Waals surface area contributed by atoms with E-state index in [-0.39, 0.29) is 16.3 Å². The molecule has 1 aromatic rings. The zero-order valence-electron chi connectivity index (χ0n) is 10.1. The Morgan fingerprint density at radius 2 is 1.59 bits per heavy atom. The molecule has 0 saturated heterocycles. The fourth-order valence-electron chi connectivity index (χ4n) is 0.981. The Morgan fingerprint density at radius 3 is 2.06 bits per heavy atom. The Labute approximate surface area is 105 Å². The maximum atomic E-state index is 11.3. The molecule has 0 spiro atoms. The van der Waals surface area contributed by atoms with E-state index in [1.807, 2.05) is 13.8 Å². The normalized spacial score (nSPS) is 8.76. The van der Waals surface area contributed by atoms with Gasteiger partial charge in [-0.1, -0.05) is 25.4 Å². The monoisotopic (exact) mass is 259 g/mol. The van der Waals surface area contributed by atoms with Crippen molar-refractivity contribution in [2.45, 2.75) is 13.8 Å². The summed E-state index contributed by atoms with van der Waals surface area (Å²) in [5, 5.41) is 0.100. The zero-order valence-corrected chi connectivity index (χ0v) is 10.9. The van der Waals surface area contributed by atoms with Crippen LogP contribution in [0.1, 0.15) is 34.6 Å². The lowest BCUT2D eigenvalue weighted by molar-refractivity contribution is 0.0554. The predicted molar refractivity (Wildman–Crippen MR) is 63.3 cm³/mol. The lowest BCUT2D eigenvalue weighted by Crippen LogP contribution is -2.12. The van der Waals surface area contributed by atoms with Gasteiger partial charge in [-0.2, -0.15) is 0 Å². The van der Waals surface area contributed by atoms with Crippen LogP contribution < -0.4 is 0 Å². The van der Waals surface area contributed by atoms with Gasteiger partial charge in [0.25, 0.3) is 0 Å². The molecule has 5 nitrogen and oxygen atoms in total. The number of aromatic nitrogens is 1. The molecule has 0 aliphatic heterocycles. The van der Waals surface area contributed by atoms with E-state index in [0.29, 0.717) is 0 Å². The summed E-state index contributed by atoms with van der Waals surface area (Å²) in [6, 6.07) is 1.25. The quantitative estimate of drug-likeness (QED) is 0.602. The summed E-state index contributed by atoms with van der Waals surface area (Å²) in [4.78, 5) is 26.2. The summed E-state index contributed by atoms with van der Waals surface area (Å²) < 4.78 is 8.98. The molecule has 0 atom stereocenters. The summed E-state index contributed by atoms with van der Waals surface area (Å²) in [7, 11) is 2.41. The smallest absolute Gasteiger partial charge is 0.340 e. The maximum absolute atomic E-state index is 11.3. The molecule has 0 fully saturated rings. The van der Waals surface area contributed by atoms with Crippen LogP contribution in [0.4, 0.5) is 0 Å². The van der Waals surface area contributed by atoms with Gasteiger partial charge in [0.1, 0.15) is 5.15 Å². The molecule has 1 rings (SSSR count). The number of carbonyl (C=O) groups is 2. The van der Waals surface area contributed by atoms with Crippen LogP contribution >= 0.6 is 11.6 Å². The molecule has 0 aliphatic rings. The van der Waals surface area contributed by atoms with Gasteiger partial charge in [0, 0.05) is 6.20 Å². The van der Waals surface area contributed by atoms with Crippen molar-refractivity contribution in [1.29, 1.82) is 0 Å². The Hall–Kier alpha value is -1.62. The van der Waals surface area contributed by atoms with Crippen LogP contribution in [0.3, 0.4) is 0 Å². The predicted octanol–water partition coefficient (Wildman–Crippen LogP) is 2.33. The average molecular weight is 260 g/mol. The van der Waals surface area contributed by atoms with E-state index >= 15 is 0 Å². The molecule has 1 aromatic heterocycles. The third kappa shape index (κ3) is 4.03. The molecule has 0 bridgehead atoms. The highest BCUT2D eigenvalue weighted by Crippen LogP contribution is 2.15. The van der Waals surface area contributed by atoms with Crippen molar-refractivity contribution >= 4 is 23.5 Å². The van der Waals surface area contributed by atoms with Crippen molar-refractivity contribution in [1.82, 2.24) is 4.98 Å². The van der Waals surface area contributed by atoms with Crippen molar-refractivity contribution < 1.29 is 19.1 Å². The van der Waals surface area contributed by atoms with Crippen LogP contribution in [0, 0.1) is 0 Å². The highest BCUT2D eigenvalue weighted by atomic mass is 35.5. The first-order valence-electron chi connectivity index (χ1n) is 4.92. The van der Waals surface area contributed by atoms with Gasteiger partial charge >= 0.3 is 11.9 Å². The number of esters is 2. The van der Waals surface area contributed by atoms with E-state index in [1.54, 1.807) is 0 Å². The van der Waals surface area contributed by atoms with E-state index in [2.05, 4.69) is 14.5 Å². The van der Waals surface area contributed by atoms with E-state index in [1.165, 1.54) is 26.5 Å². The molecule has 0 aliphatic carbocycles. The summed E-state index contributed by atoms with van der Waals surface area (Å²) in [6.45, 7) is 4.00. The zero-order chi connectivity index (χ0) is 13.4. The topological polar surface area (TPSA) is 65.5 Å². The maximum Gasteiger partial charge on any atom is 0.340 e. The van der Waals surface area contributed by atoms with E-state index in [4.69, 9.17) is 11.6 Å². The molecule has 0 amide bonds. The third-order valence-electron chi connectivity index (χ3n) is 1.68. The van der Waals surface area contributed by atoms with E-state index in [9.17, 15) is 9.59 Å². The second kappa shape index (κ2) is 7.62. The van der Waals surface area contributed by atoms with Crippen LogP contribution in [-0.4, -0.2) is 31.1 Å². The molecule has 0 unspecified atom stereocenters. The van der Waals surface area contributed by atoms with Gasteiger partial charge in [-0.25, -0.2) is 14.6 Å². The van der Waals surface area contributed by atoms with Gasteiger partial charge in [-0.3, -0.25) is 0 Å². The average Bonchev–Trinajstić information content (AvgIpc) is 2.39. The van der Waals surface area contributed by atoms with Gasteiger partial charge in [-0.05, 0) is 6.07 Å². The number of ether oxygens (including phenoxy) is 2. The molecule has 0 radical (unpaired) electrons. The molecular formula is C11H14ClNO4. The molecule has 1 heterocycles. The Balaban J connectivity index is 0.00000121. The minimum atomic E-state index is -0.667. The van der Waals surface area contributed by atoms with Crippen molar-refractivity contribution in [2.75, 3.05) is 14.2 Å². The molecule has 0 N–H and O–H groups in total. The first kappa shape index (κ1) is 15.4. The number of carbonyl (C=O) groups excluding carboxylic acids is 2. The SMILES string of the molecule is CC.COC(=O)c1cnc(Cl)cc1C(=O)OC. The van der Waals surface area contributed by atoms with E-state index < -0.39 is 11.9 Å². The second-order valence-electron chi connectivity index (χ2n) is 2.54. The van der Waals surface area contributed by atoms with Gasteiger partial charge < -0.3 is 9.47 Å². The molecule has 0 saturated carbocycles. The van der Waals surface area contributed by atoms with Crippen LogP contribution in [0.25, 0.3) is 0 Å².